The van der Waals surface area contributed by atoms with Gasteiger partial charge in [0, 0.05) is 51.7 Å². The number of aromatic nitrogens is 2. The van der Waals surface area contributed by atoms with E-state index in [1.54, 1.807) is 7.11 Å². The highest BCUT2D eigenvalue weighted by Gasteiger charge is 2.46. The van der Waals surface area contributed by atoms with Crippen LogP contribution in [-0.2, 0) is 23.4 Å². The molecule has 0 bridgehead atoms. The Bertz CT molecular complexity index is 1130. The quantitative estimate of drug-likeness (QED) is 0.610. The number of piperidine rings is 1. The zero-order valence-electron chi connectivity index (χ0n) is 18.3. The zero-order valence-corrected chi connectivity index (χ0v) is 18.3. The first-order valence-corrected chi connectivity index (χ1v) is 11.2. The second kappa shape index (κ2) is 7.83. The lowest BCUT2D eigenvalue weighted by molar-refractivity contribution is -0.0135. The number of nitrogens with zero attached hydrogens (tertiary/aromatic N) is 3. The lowest BCUT2D eigenvalue weighted by atomic mass is 9.83. The third-order valence-electron chi connectivity index (χ3n) is 6.76. The number of likely N-dealkylation sites (tertiary alicyclic amines) is 1. The SMILES string of the molecule is COCCn1cnc2c1C1(CCN(Cc3ccc4c(c3)OCO4)CC1)Oc1ccccc1-2. The van der Waals surface area contributed by atoms with Crippen LogP contribution in [0.2, 0.25) is 0 Å². The lowest BCUT2D eigenvalue weighted by Gasteiger charge is -2.44. The summed E-state index contributed by atoms with van der Waals surface area (Å²) in [5.41, 5.74) is 4.19. The molecule has 1 spiro atoms. The molecule has 4 heterocycles. The van der Waals surface area contributed by atoms with Crippen LogP contribution in [0.25, 0.3) is 11.3 Å². The van der Waals surface area contributed by atoms with Crippen LogP contribution in [0.5, 0.6) is 17.2 Å². The minimum absolute atomic E-state index is 0.308. The Balaban J connectivity index is 1.26. The van der Waals surface area contributed by atoms with Gasteiger partial charge in [0.25, 0.3) is 0 Å². The monoisotopic (exact) mass is 433 g/mol. The highest BCUT2D eigenvalue weighted by molar-refractivity contribution is 5.72. The summed E-state index contributed by atoms with van der Waals surface area (Å²) in [7, 11) is 1.74. The van der Waals surface area contributed by atoms with Crippen molar-refractivity contribution >= 4 is 0 Å². The molecule has 3 aliphatic heterocycles. The second-order valence-corrected chi connectivity index (χ2v) is 8.68. The molecule has 1 fully saturated rings. The molecule has 0 saturated carbocycles. The standard InChI is InChI=1S/C25H27N3O4/c1-29-13-12-28-16-26-23-19-4-2-3-5-20(19)32-25(24(23)28)8-10-27(11-9-25)15-18-6-7-21-22(14-18)31-17-30-21/h2-7,14,16H,8-13,15,17H2,1H3. The molecule has 32 heavy (non-hydrogen) atoms. The molecule has 6 rings (SSSR count). The maximum atomic E-state index is 6.76. The Kier molecular flexibility index (Phi) is 4.81. The first kappa shape index (κ1) is 19.6. The Hall–Kier alpha value is -3.03. The van der Waals surface area contributed by atoms with Crippen LogP contribution in [0.3, 0.4) is 0 Å². The second-order valence-electron chi connectivity index (χ2n) is 8.68. The summed E-state index contributed by atoms with van der Waals surface area (Å²) >= 11 is 0. The van der Waals surface area contributed by atoms with Gasteiger partial charge in [0.1, 0.15) is 5.75 Å². The molecule has 0 radical (unpaired) electrons. The van der Waals surface area contributed by atoms with Crippen LogP contribution < -0.4 is 14.2 Å². The minimum atomic E-state index is -0.362. The van der Waals surface area contributed by atoms with Crippen molar-refractivity contribution in [3.63, 3.8) is 0 Å². The fraction of sp³-hybridized carbons (Fsp3) is 0.400. The normalized spacial score (nSPS) is 18.3. The molecule has 7 nitrogen and oxygen atoms in total. The molecule has 0 amide bonds. The lowest BCUT2D eigenvalue weighted by Crippen LogP contribution is -2.48. The molecule has 0 atom stereocenters. The third kappa shape index (κ3) is 3.24. The van der Waals surface area contributed by atoms with Crippen molar-refractivity contribution in [1.29, 1.82) is 0 Å². The molecule has 0 unspecified atom stereocenters. The van der Waals surface area contributed by atoms with E-state index in [0.717, 1.165) is 67.5 Å². The number of fused-ring (bicyclic) bond motifs is 5. The number of rotatable bonds is 5. The van der Waals surface area contributed by atoms with Gasteiger partial charge in [0.05, 0.1) is 24.3 Å². The number of hydrogen-bond acceptors (Lipinski definition) is 6. The maximum absolute atomic E-state index is 6.76. The van der Waals surface area contributed by atoms with E-state index in [2.05, 4.69) is 33.7 Å². The van der Waals surface area contributed by atoms with Crippen molar-refractivity contribution in [2.24, 2.45) is 0 Å². The molecule has 0 aliphatic carbocycles. The fourth-order valence-electron chi connectivity index (χ4n) is 5.13. The largest absolute Gasteiger partial charge is 0.480 e. The fourth-order valence-corrected chi connectivity index (χ4v) is 5.13. The number of para-hydroxylation sites is 1. The molecule has 2 aromatic carbocycles. The van der Waals surface area contributed by atoms with E-state index >= 15 is 0 Å². The van der Waals surface area contributed by atoms with Gasteiger partial charge in [-0.25, -0.2) is 4.98 Å². The first-order chi connectivity index (χ1) is 15.8. The Morgan fingerprint density at radius 1 is 1.03 bits per heavy atom. The van der Waals surface area contributed by atoms with Crippen molar-refractivity contribution in [3.05, 3.63) is 60.0 Å². The Morgan fingerprint density at radius 3 is 2.75 bits per heavy atom. The number of ether oxygens (including phenoxy) is 4. The highest BCUT2D eigenvalue weighted by Crippen LogP contribution is 2.49. The van der Waals surface area contributed by atoms with Gasteiger partial charge in [-0.15, -0.1) is 0 Å². The van der Waals surface area contributed by atoms with Gasteiger partial charge in [0.2, 0.25) is 6.79 Å². The van der Waals surface area contributed by atoms with Crippen molar-refractivity contribution in [3.8, 4) is 28.5 Å². The summed E-state index contributed by atoms with van der Waals surface area (Å²) in [5.74, 6) is 2.61. The molecular formula is C25H27N3O4. The molecule has 3 aromatic rings. The van der Waals surface area contributed by atoms with Gasteiger partial charge in [-0.3, -0.25) is 4.90 Å². The van der Waals surface area contributed by atoms with Crippen LogP contribution in [0.1, 0.15) is 24.1 Å². The summed E-state index contributed by atoms with van der Waals surface area (Å²) in [6.45, 7) is 4.52. The molecule has 1 aromatic heterocycles. The summed E-state index contributed by atoms with van der Waals surface area (Å²) in [5, 5.41) is 0. The van der Waals surface area contributed by atoms with Crippen molar-refractivity contribution in [2.75, 3.05) is 33.6 Å². The molecular weight excluding hydrogens is 406 g/mol. The van der Waals surface area contributed by atoms with Gasteiger partial charge in [0.15, 0.2) is 17.1 Å². The molecule has 1 saturated heterocycles. The minimum Gasteiger partial charge on any atom is -0.480 e. The van der Waals surface area contributed by atoms with E-state index in [9.17, 15) is 0 Å². The van der Waals surface area contributed by atoms with Gasteiger partial charge < -0.3 is 23.5 Å². The van der Waals surface area contributed by atoms with Crippen LogP contribution in [0.15, 0.2) is 48.8 Å². The summed E-state index contributed by atoms with van der Waals surface area (Å²) in [4.78, 5) is 7.30. The van der Waals surface area contributed by atoms with E-state index in [0.29, 0.717) is 13.4 Å². The van der Waals surface area contributed by atoms with E-state index in [-0.39, 0.29) is 5.60 Å². The van der Waals surface area contributed by atoms with Crippen molar-refractivity contribution in [1.82, 2.24) is 14.5 Å². The Labute approximate surface area is 187 Å². The van der Waals surface area contributed by atoms with Crippen LogP contribution in [0, 0.1) is 0 Å². The van der Waals surface area contributed by atoms with Gasteiger partial charge in [-0.05, 0) is 29.8 Å². The van der Waals surface area contributed by atoms with E-state index in [4.69, 9.17) is 23.9 Å². The van der Waals surface area contributed by atoms with Gasteiger partial charge in [-0.2, -0.15) is 0 Å². The third-order valence-corrected chi connectivity index (χ3v) is 6.76. The number of benzene rings is 2. The summed E-state index contributed by atoms with van der Waals surface area (Å²) in [6, 6.07) is 14.5. The maximum Gasteiger partial charge on any atom is 0.231 e. The highest BCUT2D eigenvalue weighted by atomic mass is 16.7. The number of methoxy groups -OCH3 is 1. The molecule has 0 N–H and O–H groups in total. The Morgan fingerprint density at radius 2 is 1.88 bits per heavy atom. The number of imidazole rings is 1. The average Bonchev–Trinajstić information content (AvgIpc) is 3.47. The average molecular weight is 434 g/mol. The van der Waals surface area contributed by atoms with Gasteiger partial charge in [-0.1, -0.05) is 18.2 Å². The predicted molar refractivity (Wildman–Crippen MR) is 119 cm³/mol. The predicted octanol–water partition coefficient (Wildman–Crippen LogP) is 3.81. The zero-order chi connectivity index (χ0) is 21.5. The van der Waals surface area contributed by atoms with Crippen molar-refractivity contribution < 1.29 is 18.9 Å². The van der Waals surface area contributed by atoms with Crippen LogP contribution in [-0.4, -0.2) is 48.1 Å². The van der Waals surface area contributed by atoms with Crippen LogP contribution in [0.4, 0.5) is 0 Å². The molecule has 3 aliphatic rings. The molecule has 7 heteroatoms. The summed E-state index contributed by atoms with van der Waals surface area (Å²) in [6.07, 6.45) is 3.77. The smallest absolute Gasteiger partial charge is 0.231 e. The summed E-state index contributed by atoms with van der Waals surface area (Å²) < 4.78 is 25.3. The van der Waals surface area contributed by atoms with Crippen LogP contribution >= 0.6 is 0 Å². The molecule has 166 valence electrons. The van der Waals surface area contributed by atoms with E-state index < -0.39 is 0 Å². The van der Waals surface area contributed by atoms with Crippen molar-refractivity contribution in [2.45, 2.75) is 31.5 Å². The van der Waals surface area contributed by atoms with Gasteiger partial charge >= 0.3 is 0 Å². The van der Waals surface area contributed by atoms with E-state index in [1.807, 2.05) is 24.5 Å². The first-order valence-electron chi connectivity index (χ1n) is 11.2. The number of hydrogen-bond donors (Lipinski definition) is 0. The van der Waals surface area contributed by atoms with E-state index in [1.165, 1.54) is 11.3 Å². The topological polar surface area (TPSA) is 58.0 Å².